The standard InChI is InChI=1S/C20H17N5O4/c1-20(15-5-9-17(10-6-15)25(28)29)18(26)23(19(27)22-20)13-14-3-7-16(8-4-14)24-12-2-11-21-24/h2-12H,13H2,1H3,(H,22,27). The number of imide groups is 1. The fourth-order valence-electron chi connectivity index (χ4n) is 3.31. The number of nitrogens with zero attached hydrogens (tertiary/aromatic N) is 4. The van der Waals surface area contributed by atoms with Crippen LogP contribution in [0.15, 0.2) is 67.0 Å². The van der Waals surface area contributed by atoms with Crippen LogP contribution in [0.2, 0.25) is 0 Å². The Hall–Kier alpha value is -4.01. The largest absolute Gasteiger partial charge is 0.325 e. The third-order valence-corrected chi connectivity index (χ3v) is 4.98. The lowest BCUT2D eigenvalue weighted by Crippen LogP contribution is -2.40. The summed E-state index contributed by atoms with van der Waals surface area (Å²) in [6.07, 6.45) is 3.50. The summed E-state index contributed by atoms with van der Waals surface area (Å²) < 4.78 is 1.71. The Balaban J connectivity index is 1.54. The van der Waals surface area contributed by atoms with E-state index in [1.165, 1.54) is 24.3 Å². The maximum absolute atomic E-state index is 13.0. The molecule has 3 amide bonds. The molecule has 2 aromatic carbocycles. The number of aromatic nitrogens is 2. The summed E-state index contributed by atoms with van der Waals surface area (Å²) >= 11 is 0. The SMILES string of the molecule is CC1(c2ccc([N+](=O)[O-])cc2)NC(=O)N(Cc2ccc(-n3cccn3)cc2)C1=O. The van der Waals surface area contributed by atoms with Gasteiger partial charge in [-0.1, -0.05) is 12.1 Å². The maximum Gasteiger partial charge on any atom is 0.325 e. The topological polar surface area (TPSA) is 110 Å². The third-order valence-electron chi connectivity index (χ3n) is 4.98. The van der Waals surface area contributed by atoms with Gasteiger partial charge in [0.2, 0.25) is 0 Å². The molecule has 1 saturated heterocycles. The number of nitro benzene ring substituents is 1. The van der Waals surface area contributed by atoms with Crippen LogP contribution in [0.25, 0.3) is 5.69 Å². The van der Waals surface area contributed by atoms with Gasteiger partial charge in [-0.25, -0.2) is 9.48 Å². The van der Waals surface area contributed by atoms with Crippen molar-refractivity contribution in [3.63, 3.8) is 0 Å². The molecule has 0 spiro atoms. The van der Waals surface area contributed by atoms with Crippen LogP contribution in [0.5, 0.6) is 0 Å². The molecule has 29 heavy (non-hydrogen) atoms. The molecule has 1 unspecified atom stereocenters. The van der Waals surface area contributed by atoms with Gasteiger partial charge in [-0.3, -0.25) is 19.8 Å². The Kier molecular flexibility index (Phi) is 4.34. The first-order valence-corrected chi connectivity index (χ1v) is 8.86. The molecule has 2 heterocycles. The van der Waals surface area contributed by atoms with Crippen LogP contribution >= 0.6 is 0 Å². The van der Waals surface area contributed by atoms with Crippen molar-refractivity contribution in [2.75, 3.05) is 0 Å². The van der Waals surface area contributed by atoms with E-state index in [1.54, 1.807) is 17.8 Å². The highest BCUT2D eigenvalue weighted by atomic mass is 16.6. The second-order valence-electron chi connectivity index (χ2n) is 6.87. The van der Waals surface area contributed by atoms with Crippen molar-refractivity contribution in [3.8, 4) is 5.69 Å². The molecule has 1 aromatic heterocycles. The van der Waals surface area contributed by atoms with Crippen molar-refractivity contribution in [2.24, 2.45) is 0 Å². The predicted molar refractivity (Wildman–Crippen MR) is 103 cm³/mol. The van der Waals surface area contributed by atoms with Crippen molar-refractivity contribution < 1.29 is 14.5 Å². The third kappa shape index (κ3) is 3.22. The molecule has 1 aliphatic rings. The molecular weight excluding hydrogens is 374 g/mol. The highest BCUT2D eigenvalue weighted by Crippen LogP contribution is 2.31. The van der Waals surface area contributed by atoms with E-state index in [0.29, 0.717) is 5.56 Å². The van der Waals surface area contributed by atoms with E-state index in [-0.39, 0.29) is 12.2 Å². The number of carbonyl (C=O) groups is 2. The van der Waals surface area contributed by atoms with Gasteiger partial charge in [-0.05, 0) is 48.4 Å². The van der Waals surface area contributed by atoms with Crippen LogP contribution in [0.4, 0.5) is 10.5 Å². The molecule has 3 aromatic rings. The number of hydrogen-bond donors (Lipinski definition) is 1. The molecule has 1 fully saturated rings. The van der Waals surface area contributed by atoms with Gasteiger partial charge >= 0.3 is 6.03 Å². The first-order chi connectivity index (χ1) is 13.9. The summed E-state index contributed by atoms with van der Waals surface area (Å²) in [5, 5.41) is 17.7. The summed E-state index contributed by atoms with van der Waals surface area (Å²) in [7, 11) is 0. The van der Waals surface area contributed by atoms with Crippen LogP contribution in [0, 0.1) is 10.1 Å². The Labute approximate surface area is 165 Å². The van der Waals surface area contributed by atoms with E-state index >= 15 is 0 Å². The molecule has 1 aliphatic heterocycles. The summed E-state index contributed by atoms with van der Waals surface area (Å²) in [6.45, 7) is 1.71. The second kappa shape index (κ2) is 6.86. The number of benzene rings is 2. The quantitative estimate of drug-likeness (QED) is 0.408. The van der Waals surface area contributed by atoms with Gasteiger partial charge in [0, 0.05) is 24.5 Å². The van der Waals surface area contributed by atoms with Crippen molar-refractivity contribution in [1.29, 1.82) is 0 Å². The van der Waals surface area contributed by atoms with Gasteiger partial charge in [-0.2, -0.15) is 5.10 Å². The Morgan fingerprint density at radius 1 is 1.10 bits per heavy atom. The van der Waals surface area contributed by atoms with Gasteiger partial charge in [-0.15, -0.1) is 0 Å². The summed E-state index contributed by atoms with van der Waals surface area (Å²) in [6, 6.07) is 14.3. The number of nitrogens with one attached hydrogen (secondary N) is 1. The molecule has 0 aliphatic carbocycles. The van der Waals surface area contributed by atoms with Crippen molar-refractivity contribution in [3.05, 3.63) is 88.2 Å². The molecule has 9 heteroatoms. The maximum atomic E-state index is 13.0. The lowest BCUT2D eigenvalue weighted by atomic mass is 9.92. The number of nitro groups is 1. The van der Waals surface area contributed by atoms with Crippen LogP contribution < -0.4 is 5.32 Å². The van der Waals surface area contributed by atoms with E-state index < -0.39 is 22.4 Å². The van der Waals surface area contributed by atoms with E-state index in [4.69, 9.17) is 0 Å². The lowest BCUT2D eigenvalue weighted by Gasteiger charge is -2.22. The van der Waals surface area contributed by atoms with Crippen molar-refractivity contribution in [2.45, 2.75) is 19.0 Å². The molecule has 0 saturated carbocycles. The van der Waals surface area contributed by atoms with Crippen molar-refractivity contribution in [1.82, 2.24) is 20.0 Å². The average Bonchev–Trinajstić information content (AvgIpc) is 3.33. The molecule has 9 nitrogen and oxygen atoms in total. The minimum Gasteiger partial charge on any atom is -0.319 e. The second-order valence-corrected chi connectivity index (χ2v) is 6.87. The fraction of sp³-hybridized carbons (Fsp3) is 0.150. The van der Waals surface area contributed by atoms with E-state index in [2.05, 4.69) is 10.4 Å². The highest BCUT2D eigenvalue weighted by Gasteiger charge is 2.48. The number of carbonyl (C=O) groups excluding carboxylic acids is 2. The zero-order valence-electron chi connectivity index (χ0n) is 15.5. The van der Waals surface area contributed by atoms with Crippen LogP contribution in [-0.4, -0.2) is 31.5 Å². The fourth-order valence-corrected chi connectivity index (χ4v) is 3.31. The number of hydrogen-bond acceptors (Lipinski definition) is 5. The van der Waals surface area contributed by atoms with E-state index in [9.17, 15) is 19.7 Å². The monoisotopic (exact) mass is 391 g/mol. The van der Waals surface area contributed by atoms with E-state index in [1.807, 2.05) is 36.5 Å². The molecular formula is C20H17N5O4. The van der Waals surface area contributed by atoms with Crippen LogP contribution in [0.3, 0.4) is 0 Å². The minimum atomic E-state index is -1.28. The molecule has 1 N–H and O–H groups in total. The first kappa shape index (κ1) is 18.4. The van der Waals surface area contributed by atoms with Gasteiger partial charge in [0.25, 0.3) is 11.6 Å². The summed E-state index contributed by atoms with van der Waals surface area (Å²) in [5.41, 5.74) is 0.784. The van der Waals surface area contributed by atoms with Crippen molar-refractivity contribution >= 4 is 17.6 Å². The summed E-state index contributed by atoms with van der Waals surface area (Å²) in [4.78, 5) is 37.0. The molecule has 0 bridgehead atoms. The number of amides is 3. The Morgan fingerprint density at radius 3 is 2.38 bits per heavy atom. The lowest BCUT2D eigenvalue weighted by molar-refractivity contribution is -0.384. The minimum absolute atomic E-state index is 0.0803. The van der Waals surface area contributed by atoms with Crippen LogP contribution in [-0.2, 0) is 16.9 Å². The molecule has 4 rings (SSSR count). The number of rotatable bonds is 5. The number of non-ortho nitro benzene ring substituents is 1. The zero-order valence-corrected chi connectivity index (χ0v) is 15.5. The predicted octanol–water partition coefficient (Wildman–Crippen LogP) is 2.75. The smallest absolute Gasteiger partial charge is 0.319 e. The number of urea groups is 1. The summed E-state index contributed by atoms with van der Waals surface area (Å²) in [5.74, 6) is -0.410. The Bertz CT molecular complexity index is 1080. The highest BCUT2D eigenvalue weighted by molar-refractivity contribution is 6.07. The van der Waals surface area contributed by atoms with Gasteiger partial charge < -0.3 is 5.32 Å². The molecule has 1 atom stereocenters. The van der Waals surface area contributed by atoms with Gasteiger partial charge in [0.05, 0.1) is 17.2 Å². The van der Waals surface area contributed by atoms with Gasteiger partial charge in [0.1, 0.15) is 5.54 Å². The average molecular weight is 391 g/mol. The first-order valence-electron chi connectivity index (χ1n) is 8.86. The normalized spacial score (nSPS) is 18.7. The van der Waals surface area contributed by atoms with Gasteiger partial charge in [0.15, 0.2) is 0 Å². The van der Waals surface area contributed by atoms with E-state index in [0.717, 1.165) is 16.2 Å². The Morgan fingerprint density at radius 2 is 1.79 bits per heavy atom. The zero-order chi connectivity index (χ0) is 20.6. The van der Waals surface area contributed by atoms with Crippen LogP contribution in [0.1, 0.15) is 18.1 Å². The molecule has 0 radical (unpaired) electrons. The molecule has 146 valence electrons.